The number of nitrogens with zero attached hydrogens (tertiary/aromatic N) is 2. The van der Waals surface area contributed by atoms with Gasteiger partial charge in [0, 0.05) is 30.9 Å². The van der Waals surface area contributed by atoms with Crippen LogP contribution in [0, 0.1) is 5.92 Å². The zero-order chi connectivity index (χ0) is 14.8. The summed E-state index contributed by atoms with van der Waals surface area (Å²) >= 11 is 1.52. The smallest absolute Gasteiger partial charge is 0.194 e. The van der Waals surface area contributed by atoms with Gasteiger partial charge in [0.05, 0.1) is 7.11 Å². The van der Waals surface area contributed by atoms with Crippen LogP contribution in [0.1, 0.15) is 41.5 Å². The Morgan fingerprint density at radius 2 is 1.89 bits per heavy atom. The summed E-state index contributed by atoms with van der Waals surface area (Å²) < 4.78 is 5.07. The molecule has 0 aromatic carbocycles. The summed E-state index contributed by atoms with van der Waals surface area (Å²) in [5, 5.41) is 3.46. The molecule has 0 saturated carbocycles. The standard InChI is InChI=1S/C14H31N3OS/c1-8-17(9-13(6)10-19-18-7)14(15-11(2)3)16-12(4)5/h11-13H,8-10H2,1-7H3,(H,15,16). The fourth-order valence-electron chi connectivity index (χ4n) is 1.69. The Morgan fingerprint density at radius 1 is 1.26 bits per heavy atom. The van der Waals surface area contributed by atoms with Crippen LogP contribution < -0.4 is 5.32 Å². The van der Waals surface area contributed by atoms with Crippen molar-refractivity contribution in [3.8, 4) is 0 Å². The van der Waals surface area contributed by atoms with E-state index in [9.17, 15) is 0 Å². The van der Waals surface area contributed by atoms with Crippen molar-refractivity contribution >= 4 is 18.0 Å². The van der Waals surface area contributed by atoms with Crippen LogP contribution in [0.5, 0.6) is 0 Å². The molecule has 19 heavy (non-hydrogen) atoms. The van der Waals surface area contributed by atoms with Crippen molar-refractivity contribution in [2.24, 2.45) is 10.9 Å². The third-order valence-electron chi connectivity index (χ3n) is 2.48. The Hall–Kier alpha value is -0.420. The van der Waals surface area contributed by atoms with Gasteiger partial charge in [-0.25, -0.2) is 0 Å². The molecular formula is C14H31N3OS. The van der Waals surface area contributed by atoms with Crippen molar-refractivity contribution in [3.05, 3.63) is 0 Å². The van der Waals surface area contributed by atoms with Crippen LogP contribution >= 0.6 is 12.0 Å². The number of guanidine groups is 1. The first-order valence-corrected chi connectivity index (χ1v) is 8.06. The lowest BCUT2D eigenvalue weighted by Crippen LogP contribution is -2.46. The average molecular weight is 289 g/mol. The Balaban J connectivity index is 4.64. The molecule has 0 aliphatic rings. The van der Waals surface area contributed by atoms with Gasteiger partial charge in [0.25, 0.3) is 0 Å². The van der Waals surface area contributed by atoms with Crippen molar-refractivity contribution in [3.63, 3.8) is 0 Å². The molecule has 0 aliphatic carbocycles. The molecule has 1 atom stereocenters. The van der Waals surface area contributed by atoms with Crippen LogP contribution in [0.4, 0.5) is 0 Å². The van der Waals surface area contributed by atoms with Crippen LogP contribution in [0.25, 0.3) is 0 Å². The van der Waals surface area contributed by atoms with E-state index in [0.717, 1.165) is 24.8 Å². The molecule has 0 rings (SSSR count). The summed E-state index contributed by atoms with van der Waals surface area (Å²) in [5.74, 6) is 2.59. The van der Waals surface area contributed by atoms with E-state index in [1.54, 1.807) is 7.11 Å². The minimum Gasteiger partial charge on any atom is -0.354 e. The summed E-state index contributed by atoms with van der Waals surface area (Å²) in [6, 6.07) is 0.703. The third kappa shape index (κ3) is 9.16. The zero-order valence-electron chi connectivity index (χ0n) is 13.6. The van der Waals surface area contributed by atoms with Crippen LogP contribution in [0.15, 0.2) is 4.99 Å². The quantitative estimate of drug-likeness (QED) is 0.423. The van der Waals surface area contributed by atoms with Gasteiger partial charge in [-0.15, -0.1) is 0 Å². The Labute approximate surface area is 123 Å². The van der Waals surface area contributed by atoms with E-state index >= 15 is 0 Å². The summed E-state index contributed by atoms with van der Waals surface area (Å²) in [5.41, 5.74) is 0. The maximum atomic E-state index is 5.07. The minimum absolute atomic E-state index is 0.305. The molecule has 1 unspecified atom stereocenters. The Bertz CT molecular complexity index is 257. The Morgan fingerprint density at radius 3 is 2.32 bits per heavy atom. The van der Waals surface area contributed by atoms with Crippen LogP contribution in [-0.2, 0) is 4.18 Å². The van der Waals surface area contributed by atoms with Gasteiger partial charge < -0.3 is 14.4 Å². The molecule has 0 radical (unpaired) electrons. The van der Waals surface area contributed by atoms with Gasteiger partial charge in [-0.2, -0.15) is 0 Å². The molecule has 1 N–H and O–H groups in total. The first-order valence-electron chi connectivity index (χ1n) is 7.15. The maximum absolute atomic E-state index is 5.07. The molecule has 114 valence electrons. The average Bonchev–Trinajstić information content (AvgIpc) is 2.31. The summed E-state index contributed by atoms with van der Waals surface area (Å²) in [4.78, 5) is 7.04. The Kier molecular flexibility index (Phi) is 10.1. The first kappa shape index (κ1) is 18.6. The van der Waals surface area contributed by atoms with Gasteiger partial charge >= 0.3 is 0 Å². The van der Waals surface area contributed by atoms with Crippen molar-refractivity contribution in [1.29, 1.82) is 0 Å². The highest BCUT2D eigenvalue weighted by Gasteiger charge is 2.14. The molecular weight excluding hydrogens is 258 g/mol. The minimum atomic E-state index is 0.305. The topological polar surface area (TPSA) is 36.9 Å². The van der Waals surface area contributed by atoms with Crippen molar-refractivity contribution < 1.29 is 4.18 Å². The highest BCUT2D eigenvalue weighted by molar-refractivity contribution is 7.94. The first-order chi connectivity index (χ1) is 8.90. The molecule has 0 aromatic rings. The van der Waals surface area contributed by atoms with Gasteiger partial charge in [-0.1, -0.05) is 6.92 Å². The van der Waals surface area contributed by atoms with Crippen LogP contribution in [0.3, 0.4) is 0 Å². The molecule has 0 heterocycles. The fraction of sp³-hybridized carbons (Fsp3) is 0.929. The second-order valence-electron chi connectivity index (χ2n) is 5.44. The fourth-order valence-corrected chi connectivity index (χ4v) is 2.17. The molecule has 5 heteroatoms. The van der Waals surface area contributed by atoms with E-state index in [1.165, 1.54) is 12.0 Å². The number of nitrogens with one attached hydrogen (secondary N) is 1. The van der Waals surface area contributed by atoms with Gasteiger partial charge in [0.2, 0.25) is 0 Å². The highest BCUT2D eigenvalue weighted by atomic mass is 32.2. The van der Waals surface area contributed by atoms with Crippen molar-refractivity contribution in [1.82, 2.24) is 10.2 Å². The van der Waals surface area contributed by atoms with Gasteiger partial charge in [-0.05, 0) is 52.6 Å². The van der Waals surface area contributed by atoms with Crippen LogP contribution in [0.2, 0.25) is 0 Å². The normalized spacial score (nSPS) is 14.1. The molecule has 0 spiro atoms. The summed E-state index contributed by atoms with van der Waals surface area (Å²) in [7, 11) is 1.72. The number of hydrogen-bond acceptors (Lipinski definition) is 3. The van der Waals surface area contributed by atoms with E-state index < -0.39 is 0 Å². The maximum Gasteiger partial charge on any atom is 0.194 e. The van der Waals surface area contributed by atoms with Crippen molar-refractivity contribution in [2.45, 2.75) is 53.6 Å². The molecule has 0 aliphatic heterocycles. The molecule has 0 bridgehead atoms. The van der Waals surface area contributed by atoms with E-state index in [1.807, 2.05) is 0 Å². The highest BCUT2D eigenvalue weighted by Crippen LogP contribution is 2.10. The predicted octanol–water partition coefficient (Wildman–Crippen LogP) is 3.00. The zero-order valence-corrected chi connectivity index (χ0v) is 14.4. The molecule has 0 aromatic heterocycles. The molecule has 4 nitrogen and oxygen atoms in total. The summed E-state index contributed by atoms with van der Waals surface area (Å²) in [6.07, 6.45) is 0. The lowest BCUT2D eigenvalue weighted by molar-refractivity contribution is 0.363. The van der Waals surface area contributed by atoms with E-state index in [0.29, 0.717) is 18.0 Å². The van der Waals surface area contributed by atoms with Gasteiger partial charge in [-0.3, -0.25) is 4.99 Å². The monoisotopic (exact) mass is 289 g/mol. The second-order valence-corrected chi connectivity index (χ2v) is 6.34. The number of aliphatic imine (C=N–C) groups is 1. The van der Waals surface area contributed by atoms with Gasteiger partial charge in [0.1, 0.15) is 0 Å². The van der Waals surface area contributed by atoms with Gasteiger partial charge in [0.15, 0.2) is 5.96 Å². The van der Waals surface area contributed by atoms with E-state index in [2.05, 4.69) is 51.8 Å². The molecule has 0 amide bonds. The van der Waals surface area contributed by atoms with E-state index in [4.69, 9.17) is 9.18 Å². The van der Waals surface area contributed by atoms with Crippen molar-refractivity contribution in [2.75, 3.05) is 26.0 Å². The third-order valence-corrected chi connectivity index (χ3v) is 3.42. The number of hydrogen-bond donors (Lipinski definition) is 1. The molecule has 0 saturated heterocycles. The lowest BCUT2D eigenvalue weighted by atomic mass is 10.2. The van der Waals surface area contributed by atoms with E-state index in [-0.39, 0.29) is 0 Å². The second kappa shape index (κ2) is 10.4. The predicted molar refractivity (Wildman–Crippen MR) is 86.7 cm³/mol. The number of rotatable bonds is 8. The SMILES string of the molecule is CCN(CC(C)CSOC)/C(=N\C(C)C)NC(C)C. The molecule has 0 fully saturated rings. The largest absolute Gasteiger partial charge is 0.354 e. The summed E-state index contributed by atoms with van der Waals surface area (Å²) in [6.45, 7) is 14.9. The van der Waals surface area contributed by atoms with Crippen LogP contribution in [-0.4, -0.2) is 48.9 Å². The lowest BCUT2D eigenvalue weighted by Gasteiger charge is -2.29.